The number of unbranched alkanes of at least 4 members (excludes halogenated alkanes) is 3. The second-order valence-corrected chi connectivity index (χ2v) is 10.2. The van der Waals surface area contributed by atoms with Gasteiger partial charge in [-0.05, 0) is 45.2 Å². The molecular weight excluding hydrogens is 450 g/mol. The van der Waals surface area contributed by atoms with Gasteiger partial charge in [0.25, 0.3) is 0 Å². The Balaban J connectivity index is 1.62. The lowest BCUT2D eigenvalue weighted by Crippen LogP contribution is -2.48. The van der Waals surface area contributed by atoms with Crippen molar-refractivity contribution < 1.29 is 14.3 Å². The van der Waals surface area contributed by atoms with Gasteiger partial charge >= 0.3 is 5.97 Å². The molecule has 0 bridgehead atoms. The van der Waals surface area contributed by atoms with Crippen molar-refractivity contribution in [3.8, 4) is 0 Å². The van der Waals surface area contributed by atoms with Crippen LogP contribution in [0.2, 0.25) is 0 Å². The summed E-state index contributed by atoms with van der Waals surface area (Å²) in [5.74, 6) is 0.227. The maximum Gasteiger partial charge on any atom is 0.305 e. The van der Waals surface area contributed by atoms with Crippen LogP contribution in [0.4, 0.5) is 0 Å². The summed E-state index contributed by atoms with van der Waals surface area (Å²) in [5.41, 5.74) is 2.00. The van der Waals surface area contributed by atoms with Gasteiger partial charge in [0.15, 0.2) is 5.78 Å². The molecule has 1 aromatic carbocycles. The number of para-hydroxylation sites is 1. The molecule has 0 amide bonds. The SMILES string of the molecule is CCCCN1CCN(CC(CCC)C(=O)c2cn(CCCCCC(=O)OCC)c3ccccc23)CC1. The van der Waals surface area contributed by atoms with Crippen molar-refractivity contribution in [2.45, 2.75) is 78.7 Å². The van der Waals surface area contributed by atoms with Gasteiger partial charge in [-0.15, -0.1) is 0 Å². The Labute approximate surface area is 218 Å². The predicted octanol–water partition coefficient (Wildman–Crippen LogP) is 5.78. The third-order valence-corrected chi connectivity index (χ3v) is 7.42. The highest BCUT2D eigenvalue weighted by atomic mass is 16.5. The molecule has 0 aliphatic carbocycles. The molecule has 2 aromatic rings. The van der Waals surface area contributed by atoms with Gasteiger partial charge in [-0.2, -0.15) is 0 Å². The number of Topliss-reactive ketones (excluding diaryl/α,β-unsaturated/α-hetero) is 1. The number of fused-ring (bicyclic) bond motifs is 1. The van der Waals surface area contributed by atoms with Crippen molar-refractivity contribution in [1.29, 1.82) is 0 Å². The van der Waals surface area contributed by atoms with Crippen LogP contribution in [0.15, 0.2) is 30.5 Å². The maximum absolute atomic E-state index is 13.9. The molecule has 1 aliphatic heterocycles. The largest absolute Gasteiger partial charge is 0.466 e. The van der Waals surface area contributed by atoms with E-state index in [1.807, 2.05) is 13.0 Å². The van der Waals surface area contributed by atoms with Crippen LogP contribution in [0.3, 0.4) is 0 Å². The number of esters is 1. The van der Waals surface area contributed by atoms with E-state index in [9.17, 15) is 9.59 Å². The zero-order chi connectivity index (χ0) is 25.8. The number of nitrogens with zero attached hydrogens (tertiary/aromatic N) is 3. The van der Waals surface area contributed by atoms with Gasteiger partial charge in [-0.25, -0.2) is 0 Å². The van der Waals surface area contributed by atoms with E-state index in [-0.39, 0.29) is 11.9 Å². The number of hydrogen-bond acceptors (Lipinski definition) is 5. The second-order valence-electron chi connectivity index (χ2n) is 10.2. The van der Waals surface area contributed by atoms with Crippen LogP contribution < -0.4 is 0 Å². The summed E-state index contributed by atoms with van der Waals surface area (Å²) in [6.45, 7) is 14.0. The fraction of sp³-hybridized carbons (Fsp3) is 0.667. The van der Waals surface area contributed by atoms with Crippen LogP contribution in [-0.4, -0.2) is 72.0 Å². The highest BCUT2D eigenvalue weighted by Crippen LogP contribution is 2.27. The van der Waals surface area contributed by atoms with Crippen molar-refractivity contribution in [1.82, 2.24) is 14.4 Å². The average Bonchev–Trinajstić information content (AvgIpc) is 3.26. The number of benzene rings is 1. The minimum Gasteiger partial charge on any atom is -0.466 e. The van der Waals surface area contributed by atoms with Crippen molar-refractivity contribution in [3.63, 3.8) is 0 Å². The molecule has 2 heterocycles. The van der Waals surface area contributed by atoms with Crippen molar-refractivity contribution >= 4 is 22.7 Å². The summed E-state index contributed by atoms with van der Waals surface area (Å²) in [7, 11) is 0. The second kappa shape index (κ2) is 15.2. The molecule has 1 aromatic heterocycles. The Morgan fingerprint density at radius 1 is 0.889 bits per heavy atom. The van der Waals surface area contributed by atoms with E-state index in [1.54, 1.807) is 0 Å². The van der Waals surface area contributed by atoms with E-state index in [0.29, 0.717) is 18.8 Å². The fourth-order valence-corrected chi connectivity index (χ4v) is 5.35. The van der Waals surface area contributed by atoms with Crippen molar-refractivity contribution in [2.24, 2.45) is 5.92 Å². The quantitative estimate of drug-likeness (QED) is 0.167. The molecule has 0 N–H and O–H groups in total. The summed E-state index contributed by atoms with van der Waals surface area (Å²) in [6, 6.07) is 8.30. The first kappa shape index (κ1) is 28.4. The number of ether oxygens (including phenoxy) is 1. The Morgan fingerprint density at radius 3 is 2.36 bits per heavy atom. The Bertz CT molecular complexity index is 946. The number of rotatable bonds is 16. The molecular formula is C30H47N3O3. The summed E-state index contributed by atoms with van der Waals surface area (Å²) >= 11 is 0. The van der Waals surface area contributed by atoms with E-state index in [2.05, 4.69) is 52.6 Å². The first-order chi connectivity index (χ1) is 17.6. The third-order valence-electron chi connectivity index (χ3n) is 7.42. The summed E-state index contributed by atoms with van der Waals surface area (Å²) in [6.07, 6.45) is 9.83. The maximum atomic E-state index is 13.9. The molecule has 3 rings (SSSR count). The molecule has 6 heteroatoms. The smallest absolute Gasteiger partial charge is 0.305 e. The Hall–Kier alpha value is -2.18. The van der Waals surface area contributed by atoms with Gasteiger partial charge in [-0.3, -0.25) is 9.59 Å². The van der Waals surface area contributed by atoms with Crippen LogP contribution >= 0.6 is 0 Å². The van der Waals surface area contributed by atoms with E-state index < -0.39 is 0 Å². The van der Waals surface area contributed by atoms with Gasteiger partial charge in [0, 0.05) is 74.3 Å². The number of aromatic nitrogens is 1. The van der Waals surface area contributed by atoms with Gasteiger partial charge in [-0.1, -0.05) is 51.3 Å². The van der Waals surface area contributed by atoms with Crippen LogP contribution in [-0.2, 0) is 16.1 Å². The van der Waals surface area contributed by atoms with Crippen molar-refractivity contribution in [3.05, 3.63) is 36.0 Å². The lowest BCUT2D eigenvalue weighted by molar-refractivity contribution is -0.143. The van der Waals surface area contributed by atoms with Crippen LogP contribution in [0.5, 0.6) is 0 Å². The van der Waals surface area contributed by atoms with E-state index in [0.717, 1.165) is 87.8 Å². The van der Waals surface area contributed by atoms with Crippen LogP contribution in [0.25, 0.3) is 10.9 Å². The molecule has 1 atom stereocenters. The average molecular weight is 498 g/mol. The molecule has 36 heavy (non-hydrogen) atoms. The van der Waals surface area contributed by atoms with E-state index in [1.165, 1.54) is 19.4 Å². The molecule has 0 saturated carbocycles. The van der Waals surface area contributed by atoms with Crippen LogP contribution in [0, 0.1) is 5.92 Å². The predicted molar refractivity (Wildman–Crippen MR) is 148 cm³/mol. The monoisotopic (exact) mass is 497 g/mol. The standard InChI is InChI=1S/C30H47N3O3/c1-4-7-17-31-19-21-32(22-20-31)23-25(13-5-2)30(35)27-24-33(28-15-11-10-14-26(27)28)18-12-8-9-16-29(34)36-6-3/h10-11,14-15,24-25H,4-9,12-13,16-23H2,1-3H3. The van der Waals surface area contributed by atoms with Crippen molar-refractivity contribution in [2.75, 3.05) is 45.9 Å². The highest BCUT2D eigenvalue weighted by Gasteiger charge is 2.27. The zero-order valence-electron chi connectivity index (χ0n) is 22.8. The highest BCUT2D eigenvalue weighted by molar-refractivity contribution is 6.09. The number of piperazine rings is 1. The molecule has 1 fully saturated rings. The fourth-order valence-electron chi connectivity index (χ4n) is 5.35. The number of hydrogen-bond donors (Lipinski definition) is 0. The topological polar surface area (TPSA) is 54.8 Å². The number of carbonyl (C=O) groups excluding carboxylic acids is 2. The Morgan fingerprint density at radius 2 is 1.64 bits per heavy atom. The van der Waals surface area contributed by atoms with Gasteiger partial charge in [0.1, 0.15) is 0 Å². The van der Waals surface area contributed by atoms with Gasteiger partial charge in [0.2, 0.25) is 0 Å². The van der Waals surface area contributed by atoms with Crippen LogP contribution in [0.1, 0.15) is 82.5 Å². The normalized spacial score (nSPS) is 15.9. The Kier molecular flexibility index (Phi) is 12.0. The van der Waals surface area contributed by atoms with E-state index in [4.69, 9.17) is 4.74 Å². The first-order valence-corrected chi connectivity index (χ1v) is 14.3. The summed E-state index contributed by atoms with van der Waals surface area (Å²) < 4.78 is 7.26. The minimum absolute atomic E-state index is 0.0426. The van der Waals surface area contributed by atoms with Gasteiger partial charge in [0.05, 0.1) is 6.61 Å². The molecule has 6 nitrogen and oxygen atoms in total. The lowest BCUT2D eigenvalue weighted by atomic mass is 9.92. The molecule has 1 saturated heterocycles. The number of aryl methyl sites for hydroxylation is 1. The lowest BCUT2D eigenvalue weighted by Gasteiger charge is -2.36. The third kappa shape index (κ3) is 8.17. The number of ketones is 1. The molecule has 1 unspecified atom stereocenters. The molecule has 1 aliphatic rings. The summed E-state index contributed by atoms with van der Waals surface area (Å²) in [4.78, 5) is 30.5. The number of carbonyl (C=O) groups is 2. The molecule has 0 radical (unpaired) electrons. The van der Waals surface area contributed by atoms with Gasteiger partial charge < -0.3 is 19.1 Å². The minimum atomic E-state index is -0.110. The summed E-state index contributed by atoms with van der Waals surface area (Å²) in [5, 5.41) is 1.07. The molecule has 0 spiro atoms. The molecule has 200 valence electrons. The van der Waals surface area contributed by atoms with E-state index >= 15 is 0 Å². The first-order valence-electron chi connectivity index (χ1n) is 14.3. The zero-order valence-corrected chi connectivity index (χ0v) is 22.8.